The zero-order valence-corrected chi connectivity index (χ0v) is 14.4. The SMILES string of the molecule is CCCC(OC(=O)N(C)c1cc(F)c(F)cc1[N+](=O)[O-])C(C)(C)C. The molecule has 0 heterocycles. The van der Waals surface area contributed by atoms with E-state index in [1.54, 1.807) is 0 Å². The summed E-state index contributed by atoms with van der Waals surface area (Å²) in [6.07, 6.45) is 0.118. The normalized spacial score (nSPS) is 12.6. The van der Waals surface area contributed by atoms with E-state index in [1.165, 1.54) is 7.05 Å². The third-order valence-electron chi connectivity index (χ3n) is 3.61. The average molecular weight is 344 g/mol. The van der Waals surface area contributed by atoms with Crippen LogP contribution in [0.2, 0.25) is 0 Å². The molecule has 0 aromatic heterocycles. The van der Waals surface area contributed by atoms with Gasteiger partial charge in [-0.1, -0.05) is 34.1 Å². The Morgan fingerprint density at radius 1 is 1.33 bits per heavy atom. The van der Waals surface area contributed by atoms with E-state index in [0.29, 0.717) is 18.6 Å². The summed E-state index contributed by atoms with van der Waals surface area (Å²) in [4.78, 5) is 23.3. The molecule has 0 aliphatic heterocycles. The van der Waals surface area contributed by atoms with Gasteiger partial charge in [0.05, 0.1) is 11.0 Å². The number of hydrogen-bond donors (Lipinski definition) is 0. The number of benzene rings is 1. The van der Waals surface area contributed by atoms with Gasteiger partial charge in [0.25, 0.3) is 5.69 Å². The standard InChI is InChI=1S/C16H22F2N2O4/c1-6-7-14(16(2,3)4)24-15(21)19(5)12-8-10(17)11(18)9-13(12)20(22)23/h8-9,14H,6-7H2,1-5H3. The second-order valence-electron chi connectivity index (χ2n) is 6.60. The number of hydrogen-bond acceptors (Lipinski definition) is 4. The van der Waals surface area contributed by atoms with Crippen LogP contribution in [0.1, 0.15) is 40.5 Å². The zero-order valence-electron chi connectivity index (χ0n) is 14.4. The molecule has 1 unspecified atom stereocenters. The zero-order chi connectivity index (χ0) is 18.7. The predicted molar refractivity (Wildman–Crippen MR) is 86.0 cm³/mol. The molecule has 1 aromatic rings. The lowest BCUT2D eigenvalue weighted by atomic mass is 9.86. The first-order chi connectivity index (χ1) is 11.0. The van der Waals surface area contributed by atoms with Gasteiger partial charge < -0.3 is 4.74 Å². The Balaban J connectivity index is 3.13. The summed E-state index contributed by atoms with van der Waals surface area (Å²) >= 11 is 0. The highest BCUT2D eigenvalue weighted by atomic mass is 19.2. The average Bonchev–Trinajstić information content (AvgIpc) is 2.47. The molecule has 0 aliphatic rings. The van der Waals surface area contributed by atoms with Crippen LogP contribution in [0.4, 0.5) is 25.0 Å². The molecule has 0 aliphatic carbocycles. The Bertz CT molecular complexity index is 629. The molecule has 1 aromatic carbocycles. The van der Waals surface area contributed by atoms with Crippen LogP contribution < -0.4 is 4.90 Å². The molecule has 0 spiro atoms. The maximum Gasteiger partial charge on any atom is 0.414 e. The van der Waals surface area contributed by atoms with Crippen molar-refractivity contribution in [2.45, 2.75) is 46.6 Å². The molecule has 134 valence electrons. The van der Waals surface area contributed by atoms with Crippen LogP contribution in [0.3, 0.4) is 0 Å². The molecule has 0 fully saturated rings. The number of amides is 1. The van der Waals surface area contributed by atoms with Gasteiger partial charge in [-0.2, -0.15) is 0 Å². The fraction of sp³-hybridized carbons (Fsp3) is 0.562. The topological polar surface area (TPSA) is 72.7 Å². The Morgan fingerprint density at radius 2 is 1.88 bits per heavy atom. The van der Waals surface area contributed by atoms with Gasteiger partial charge in [0.15, 0.2) is 11.6 Å². The van der Waals surface area contributed by atoms with Crippen molar-refractivity contribution in [3.8, 4) is 0 Å². The minimum absolute atomic E-state index is 0.327. The minimum Gasteiger partial charge on any atom is -0.445 e. The van der Waals surface area contributed by atoms with Crippen LogP contribution in [0.5, 0.6) is 0 Å². The quantitative estimate of drug-likeness (QED) is 0.575. The Kier molecular flexibility index (Phi) is 6.22. The molecule has 24 heavy (non-hydrogen) atoms. The van der Waals surface area contributed by atoms with Crippen molar-refractivity contribution in [3.63, 3.8) is 0 Å². The fourth-order valence-corrected chi connectivity index (χ4v) is 2.17. The molecule has 0 saturated carbocycles. The van der Waals surface area contributed by atoms with E-state index in [-0.39, 0.29) is 11.1 Å². The molecule has 0 saturated heterocycles. The molecule has 6 nitrogen and oxygen atoms in total. The predicted octanol–water partition coefficient (Wildman–Crippen LogP) is 4.66. The van der Waals surface area contributed by atoms with Crippen molar-refractivity contribution < 1.29 is 23.2 Å². The Labute approximate surface area is 139 Å². The summed E-state index contributed by atoms with van der Waals surface area (Å²) in [6.45, 7) is 7.65. The van der Waals surface area contributed by atoms with E-state index >= 15 is 0 Å². The van der Waals surface area contributed by atoms with Crippen LogP contribution in [-0.2, 0) is 4.74 Å². The van der Waals surface area contributed by atoms with Crippen LogP contribution in [0.15, 0.2) is 12.1 Å². The number of carbonyl (C=O) groups excluding carboxylic acids is 1. The van der Waals surface area contributed by atoms with Gasteiger partial charge in [-0.15, -0.1) is 0 Å². The number of anilines is 1. The summed E-state index contributed by atoms with van der Waals surface area (Å²) in [7, 11) is 1.22. The minimum atomic E-state index is -1.36. The number of rotatable bonds is 5. The molecular weight excluding hydrogens is 322 g/mol. The van der Waals surface area contributed by atoms with E-state index in [9.17, 15) is 23.7 Å². The second kappa shape index (κ2) is 7.55. The summed E-state index contributed by atoms with van der Waals surface area (Å²) in [6, 6.07) is 1.06. The van der Waals surface area contributed by atoms with Gasteiger partial charge in [0.1, 0.15) is 11.8 Å². The largest absolute Gasteiger partial charge is 0.445 e. The number of nitrogens with zero attached hydrogens (tertiary/aromatic N) is 2. The van der Waals surface area contributed by atoms with E-state index in [0.717, 1.165) is 11.3 Å². The van der Waals surface area contributed by atoms with E-state index in [4.69, 9.17) is 4.74 Å². The van der Waals surface area contributed by atoms with E-state index < -0.39 is 34.4 Å². The summed E-state index contributed by atoms with van der Waals surface area (Å²) < 4.78 is 32.1. The van der Waals surface area contributed by atoms with Crippen molar-refractivity contribution in [2.24, 2.45) is 5.41 Å². The molecule has 1 rings (SSSR count). The highest BCUT2D eigenvalue weighted by molar-refractivity contribution is 5.90. The Hall–Kier alpha value is -2.25. The maximum atomic E-state index is 13.4. The van der Waals surface area contributed by atoms with Crippen LogP contribution >= 0.6 is 0 Å². The number of nitro benzene ring substituents is 1. The lowest BCUT2D eigenvalue weighted by Gasteiger charge is -2.31. The van der Waals surface area contributed by atoms with Gasteiger partial charge in [-0.05, 0) is 11.8 Å². The lowest BCUT2D eigenvalue weighted by molar-refractivity contribution is -0.384. The first-order valence-electron chi connectivity index (χ1n) is 7.56. The van der Waals surface area contributed by atoms with Gasteiger partial charge >= 0.3 is 6.09 Å². The van der Waals surface area contributed by atoms with Crippen LogP contribution in [-0.4, -0.2) is 24.2 Å². The molecule has 0 N–H and O–H groups in total. The van der Waals surface area contributed by atoms with E-state index in [2.05, 4.69) is 0 Å². The van der Waals surface area contributed by atoms with Crippen LogP contribution in [0.25, 0.3) is 0 Å². The molecule has 8 heteroatoms. The first-order valence-corrected chi connectivity index (χ1v) is 7.56. The van der Waals surface area contributed by atoms with Crippen LogP contribution in [0, 0.1) is 27.2 Å². The smallest absolute Gasteiger partial charge is 0.414 e. The maximum absolute atomic E-state index is 13.4. The van der Waals surface area contributed by atoms with Crippen molar-refractivity contribution in [3.05, 3.63) is 33.9 Å². The van der Waals surface area contributed by atoms with E-state index in [1.807, 2.05) is 27.7 Å². The number of carbonyl (C=O) groups is 1. The summed E-state index contributed by atoms with van der Waals surface area (Å²) in [5.41, 5.74) is -1.41. The Morgan fingerprint density at radius 3 is 2.33 bits per heavy atom. The third-order valence-corrected chi connectivity index (χ3v) is 3.61. The number of nitro groups is 1. The highest BCUT2D eigenvalue weighted by Crippen LogP contribution is 2.32. The van der Waals surface area contributed by atoms with Crippen molar-refractivity contribution in [2.75, 3.05) is 11.9 Å². The lowest BCUT2D eigenvalue weighted by Crippen LogP contribution is -2.37. The van der Waals surface area contributed by atoms with Crippen molar-refractivity contribution in [1.82, 2.24) is 0 Å². The van der Waals surface area contributed by atoms with Gasteiger partial charge in [0, 0.05) is 13.1 Å². The number of halogens is 2. The molecular formula is C16H22F2N2O4. The summed E-state index contributed by atoms with van der Waals surface area (Å²) in [5, 5.41) is 11.0. The van der Waals surface area contributed by atoms with Gasteiger partial charge in [0.2, 0.25) is 0 Å². The van der Waals surface area contributed by atoms with Gasteiger partial charge in [-0.25, -0.2) is 13.6 Å². The second-order valence-corrected chi connectivity index (χ2v) is 6.60. The molecule has 0 radical (unpaired) electrons. The number of ether oxygens (including phenoxy) is 1. The van der Waals surface area contributed by atoms with Gasteiger partial charge in [-0.3, -0.25) is 15.0 Å². The van der Waals surface area contributed by atoms with Crippen molar-refractivity contribution >= 4 is 17.5 Å². The molecule has 1 atom stereocenters. The fourth-order valence-electron chi connectivity index (χ4n) is 2.17. The molecule has 1 amide bonds. The van der Waals surface area contributed by atoms with Crippen molar-refractivity contribution in [1.29, 1.82) is 0 Å². The monoisotopic (exact) mass is 344 g/mol. The third kappa shape index (κ3) is 4.62. The summed E-state index contributed by atoms with van der Waals surface area (Å²) in [5.74, 6) is -2.64. The highest BCUT2D eigenvalue weighted by Gasteiger charge is 2.31. The first kappa shape index (κ1) is 19.8. The molecule has 0 bridgehead atoms.